The molecule has 1 aliphatic rings. The van der Waals surface area contributed by atoms with Gasteiger partial charge in [0.15, 0.2) is 0 Å². The molecule has 3 rings (SSSR count). The predicted octanol–water partition coefficient (Wildman–Crippen LogP) is 2.56. The molecule has 8 heteroatoms. The van der Waals surface area contributed by atoms with Crippen LogP contribution in [-0.2, 0) is 6.61 Å². The van der Waals surface area contributed by atoms with Gasteiger partial charge in [-0.1, -0.05) is 18.2 Å². The lowest BCUT2D eigenvalue weighted by molar-refractivity contribution is 0.246. The number of nitrogens with two attached hydrogens (primary N) is 2. The molecule has 1 fully saturated rings. The largest absolute Gasteiger partial charge is 0.473 e. The average molecular weight is 392 g/mol. The molecule has 0 aliphatic heterocycles. The van der Waals surface area contributed by atoms with Crippen LogP contribution >= 0.6 is 15.9 Å². The van der Waals surface area contributed by atoms with Gasteiger partial charge in [0, 0.05) is 11.6 Å². The molecule has 7 nitrogen and oxygen atoms in total. The summed E-state index contributed by atoms with van der Waals surface area (Å²) in [7, 11) is 0. The maximum Gasteiger partial charge on any atom is 0.350 e. The monoisotopic (exact) mass is 391 g/mol. The van der Waals surface area contributed by atoms with Crippen molar-refractivity contribution in [3.05, 3.63) is 52.1 Å². The van der Waals surface area contributed by atoms with E-state index in [0.29, 0.717) is 22.1 Å². The zero-order valence-electron chi connectivity index (χ0n) is 12.9. The van der Waals surface area contributed by atoms with E-state index >= 15 is 0 Å². The molecule has 1 aromatic heterocycles. The maximum atomic E-state index is 11.8. The van der Waals surface area contributed by atoms with Crippen LogP contribution in [0.3, 0.4) is 0 Å². The minimum absolute atomic E-state index is 0.261. The fourth-order valence-corrected chi connectivity index (χ4v) is 2.87. The minimum Gasteiger partial charge on any atom is -0.473 e. The lowest BCUT2D eigenvalue weighted by Crippen LogP contribution is -2.48. The average Bonchev–Trinajstić information content (AvgIpc) is 3.43. The predicted molar refractivity (Wildman–Crippen MR) is 94.1 cm³/mol. The van der Waals surface area contributed by atoms with Crippen LogP contribution in [0.5, 0.6) is 5.88 Å². The molecule has 24 heavy (non-hydrogen) atoms. The van der Waals surface area contributed by atoms with E-state index in [0.717, 1.165) is 29.0 Å². The molecule has 1 heterocycles. The van der Waals surface area contributed by atoms with Crippen LogP contribution in [0.25, 0.3) is 0 Å². The summed E-state index contributed by atoms with van der Waals surface area (Å²) in [5, 5.41) is 0.999. The molecule has 0 atom stereocenters. The summed E-state index contributed by atoms with van der Waals surface area (Å²) in [5.74, 6) is 12.1. The molecule has 126 valence electrons. The second-order valence-corrected chi connectivity index (χ2v) is 6.34. The van der Waals surface area contributed by atoms with Crippen molar-refractivity contribution < 1.29 is 9.53 Å². The van der Waals surface area contributed by atoms with Gasteiger partial charge in [0.25, 0.3) is 0 Å². The summed E-state index contributed by atoms with van der Waals surface area (Å²) in [5.41, 5.74) is 4.62. The maximum absolute atomic E-state index is 11.8. The summed E-state index contributed by atoms with van der Waals surface area (Å²) in [6, 6.07) is 10.5. The molecule has 1 aliphatic carbocycles. The van der Waals surface area contributed by atoms with Crippen LogP contribution in [0, 0.1) is 0 Å². The number of nitrogens with zero attached hydrogens (tertiary/aromatic N) is 2. The van der Waals surface area contributed by atoms with E-state index < -0.39 is 6.03 Å². The van der Waals surface area contributed by atoms with E-state index in [2.05, 4.69) is 20.9 Å². The smallest absolute Gasteiger partial charge is 0.350 e. The Morgan fingerprint density at radius 1 is 1.33 bits per heavy atom. The Hall–Kier alpha value is -2.16. The Kier molecular flexibility index (Phi) is 4.98. The van der Waals surface area contributed by atoms with Crippen molar-refractivity contribution in [2.75, 3.05) is 5.01 Å². The highest BCUT2D eigenvalue weighted by Crippen LogP contribution is 2.43. The van der Waals surface area contributed by atoms with Crippen LogP contribution < -0.4 is 26.9 Å². The highest BCUT2D eigenvalue weighted by molar-refractivity contribution is 9.10. The van der Waals surface area contributed by atoms with Gasteiger partial charge in [0.05, 0.1) is 5.69 Å². The van der Waals surface area contributed by atoms with E-state index in [-0.39, 0.29) is 6.61 Å². The van der Waals surface area contributed by atoms with E-state index in [1.165, 1.54) is 0 Å². The third-order valence-electron chi connectivity index (χ3n) is 3.86. The highest BCUT2D eigenvalue weighted by atomic mass is 79.9. The van der Waals surface area contributed by atoms with Crippen molar-refractivity contribution in [2.24, 2.45) is 11.7 Å². The van der Waals surface area contributed by atoms with Gasteiger partial charge in [0.2, 0.25) is 5.88 Å². The summed E-state index contributed by atoms with van der Waals surface area (Å²) >= 11 is 3.32. The Bertz CT molecular complexity index is 751. The summed E-state index contributed by atoms with van der Waals surface area (Å²) in [6.07, 6.45) is 2.25. The second-order valence-electron chi connectivity index (χ2n) is 5.53. The third kappa shape index (κ3) is 3.66. The quantitative estimate of drug-likeness (QED) is 0.314. The third-order valence-corrected chi connectivity index (χ3v) is 4.30. The van der Waals surface area contributed by atoms with Crippen LogP contribution in [0.15, 0.2) is 41.0 Å². The molecule has 5 N–H and O–H groups in total. The number of urea groups is 1. The zero-order valence-corrected chi connectivity index (χ0v) is 14.5. The van der Waals surface area contributed by atoms with Crippen molar-refractivity contribution in [3.63, 3.8) is 0 Å². The van der Waals surface area contributed by atoms with Gasteiger partial charge in [-0.3, -0.25) is 5.43 Å². The van der Waals surface area contributed by atoms with Crippen LogP contribution in [0.4, 0.5) is 10.5 Å². The number of amides is 2. The van der Waals surface area contributed by atoms with Gasteiger partial charge >= 0.3 is 6.03 Å². The van der Waals surface area contributed by atoms with Gasteiger partial charge in [-0.25, -0.2) is 26.5 Å². The number of benzene rings is 1. The number of hydrogen-bond donors (Lipinski definition) is 3. The Balaban J connectivity index is 1.90. The normalized spacial score (nSPS) is 13.5. The first-order chi connectivity index (χ1) is 11.6. The minimum atomic E-state index is -0.593. The lowest BCUT2D eigenvalue weighted by Gasteiger charge is -2.22. The molecule has 0 spiro atoms. The number of aromatic nitrogens is 1. The van der Waals surface area contributed by atoms with Gasteiger partial charge in [-0.05, 0) is 52.4 Å². The number of hydrazine groups is 2. The number of pyridine rings is 1. The molecular weight excluding hydrogens is 374 g/mol. The molecule has 0 saturated heterocycles. The molecule has 0 bridgehead atoms. The molecular formula is C16H18BrN5O2. The van der Waals surface area contributed by atoms with Crippen molar-refractivity contribution in [2.45, 2.75) is 25.4 Å². The van der Waals surface area contributed by atoms with Crippen LogP contribution in [0.2, 0.25) is 0 Å². The fraction of sp³-hybridized carbons (Fsp3) is 0.250. The number of carbonyl (C=O) groups is 1. The summed E-state index contributed by atoms with van der Waals surface area (Å²) in [4.78, 5) is 16.0. The van der Waals surface area contributed by atoms with Gasteiger partial charge in [-0.15, -0.1) is 0 Å². The number of ether oxygens (including phenoxy) is 1. The van der Waals surface area contributed by atoms with Crippen molar-refractivity contribution >= 4 is 27.6 Å². The van der Waals surface area contributed by atoms with Crippen molar-refractivity contribution in [1.82, 2.24) is 10.4 Å². The molecule has 2 amide bonds. The number of carbonyl (C=O) groups excluding carboxylic acids is 1. The first kappa shape index (κ1) is 16.7. The van der Waals surface area contributed by atoms with Gasteiger partial charge in [-0.2, -0.15) is 0 Å². The first-order valence-corrected chi connectivity index (χ1v) is 8.32. The van der Waals surface area contributed by atoms with Gasteiger partial charge < -0.3 is 4.74 Å². The Labute approximate surface area is 148 Å². The number of halogens is 1. The van der Waals surface area contributed by atoms with E-state index in [9.17, 15) is 4.79 Å². The number of rotatable bonds is 5. The van der Waals surface area contributed by atoms with Crippen LogP contribution in [-0.4, -0.2) is 11.0 Å². The summed E-state index contributed by atoms with van der Waals surface area (Å²) in [6.45, 7) is 0.261. The molecule has 0 radical (unpaired) electrons. The molecule has 1 aromatic carbocycles. The zero-order chi connectivity index (χ0) is 17.1. The highest BCUT2D eigenvalue weighted by Gasteiger charge is 2.28. The number of nitrogens with one attached hydrogen (secondary N) is 1. The molecule has 1 saturated carbocycles. The van der Waals surface area contributed by atoms with Crippen molar-refractivity contribution in [1.29, 1.82) is 0 Å². The topological polar surface area (TPSA) is 106 Å². The van der Waals surface area contributed by atoms with E-state index in [1.807, 2.05) is 29.7 Å². The SMILES string of the molecule is NNC(=O)N(N)c1cccc(C2CC2)c1COc1cccc(Br)n1. The Morgan fingerprint density at radius 3 is 2.75 bits per heavy atom. The van der Waals surface area contributed by atoms with E-state index in [1.54, 1.807) is 12.1 Å². The first-order valence-electron chi connectivity index (χ1n) is 7.52. The standard InChI is InChI=1S/C16H18BrN5O2/c17-14-5-2-6-15(20-14)24-9-12-11(10-7-8-10)3-1-4-13(12)22(19)16(23)21-18/h1-6,10H,7-9,18-19H2,(H,21,23). The summed E-state index contributed by atoms with van der Waals surface area (Å²) < 4.78 is 6.50. The fourth-order valence-electron chi connectivity index (χ4n) is 2.55. The lowest BCUT2D eigenvalue weighted by atomic mass is 10.0. The van der Waals surface area contributed by atoms with Crippen molar-refractivity contribution in [3.8, 4) is 5.88 Å². The molecule has 2 aromatic rings. The van der Waals surface area contributed by atoms with E-state index in [4.69, 9.17) is 16.4 Å². The second kappa shape index (κ2) is 7.16. The van der Waals surface area contributed by atoms with Crippen LogP contribution in [0.1, 0.15) is 29.9 Å². The number of anilines is 1. The Morgan fingerprint density at radius 2 is 2.08 bits per heavy atom. The molecule has 0 unspecified atom stereocenters. The number of hydrogen-bond acceptors (Lipinski definition) is 5. The van der Waals surface area contributed by atoms with Gasteiger partial charge in [0.1, 0.15) is 11.2 Å².